The Labute approximate surface area is 149 Å². The normalized spacial score (nSPS) is 26.1. The summed E-state index contributed by atoms with van der Waals surface area (Å²) in [4.78, 5) is 0. The van der Waals surface area contributed by atoms with Gasteiger partial charge in [0.25, 0.3) is 5.89 Å². The maximum atomic E-state index is 10.1. The summed E-state index contributed by atoms with van der Waals surface area (Å²) in [5.74, 6) is 3.16. The van der Waals surface area contributed by atoms with E-state index in [4.69, 9.17) is 8.83 Å². The van der Waals surface area contributed by atoms with Crippen LogP contribution >= 0.6 is 0 Å². The summed E-state index contributed by atoms with van der Waals surface area (Å²) in [6.45, 7) is 11.1. The summed E-state index contributed by atoms with van der Waals surface area (Å²) in [5.41, 5.74) is 0.747. The van der Waals surface area contributed by atoms with E-state index < -0.39 is 0 Å². The van der Waals surface area contributed by atoms with Gasteiger partial charge in [0.15, 0.2) is 0 Å². The second-order valence-electron chi connectivity index (χ2n) is 8.47. The fourth-order valence-corrected chi connectivity index (χ4v) is 4.59. The van der Waals surface area contributed by atoms with Crippen molar-refractivity contribution in [3.8, 4) is 11.5 Å². The minimum Gasteiger partial charge on any atom is -0.466 e. The monoisotopic (exact) mass is 347 g/mol. The fraction of sp³-hybridized carbons (Fsp3) is 0.684. The van der Waals surface area contributed by atoms with E-state index in [1.54, 1.807) is 0 Å². The maximum Gasteiger partial charge on any atom is 0.251 e. The van der Waals surface area contributed by atoms with Crippen molar-refractivity contribution in [2.45, 2.75) is 66.0 Å². The summed E-state index contributed by atoms with van der Waals surface area (Å²) in [6.07, 6.45) is 3.07. The van der Waals surface area contributed by atoms with Crippen molar-refractivity contribution in [1.29, 1.82) is 0 Å². The van der Waals surface area contributed by atoms with Crippen LogP contribution in [0.3, 0.4) is 0 Å². The standard InChI is InChI=1S/C19H29N3O3/c1-12-7-18(4,5)10-19(8-12,11-23)20-9-16-21-22-17(25-16)15-6-13(2)24-14(15)3/h6,12,20,23H,7-11H2,1-5H3. The molecule has 3 rings (SSSR count). The molecule has 2 atom stereocenters. The van der Waals surface area contributed by atoms with E-state index in [1.807, 2.05) is 19.9 Å². The van der Waals surface area contributed by atoms with Crippen molar-refractivity contribution in [3.63, 3.8) is 0 Å². The molecule has 0 bridgehead atoms. The molecule has 6 nitrogen and oxygen atoms in total. The van der Waals surface area contributed by atoms with Crippen LogP contribution in [-0.2, 0) is 6.54 Å². The molecule has 2 unspecified atom stereocenters. The van der Waals surface area contributed by atoms with Crippen LogP contribution in [0.15, 0.2) is 14.9 Å². The first-order chi connectivity index (χ1) is 11.7. The molecule has 1 aliphatic rings. The van der Waals surface area contributed by atoms with Crippen molar-refractivity contribution in [2.24, 2.45) is 11.3 Å². The number of nitrogens with one attached hydrogen (secondary N) is 1. The molecule has 1 fully saturated rings. The van der Waals surface area contributed by atoms with Gasteiger partial charge in [0, 0.05) is 5.54 Å². The average molecular weight is 347 g/mol. The third kappa shape index (κ3) is 3.96. The lowest BCUT2D eigenvalue weighted by Gasteiger charge is -2.47. The molecule has 0 amide bonds. The lowest BCUT2D eigenvalue weighted by atomic mass is 9.64. The highest BCUT2D eigenvalue weighted by Gasteiger charge is 2.42. The Balaban J connectivity index is 1.71. The highest BCUT2D eigenvalue weighted by Crippen LogP contribution is 2.43. The van der Waals surface area contributed by atoms with Gasteiger partial charge in [0.05, 0.1) is 18.7 Å². The second-order valence-corrected chi connectivity index (χ2v) is 8.47. The minimum atomic E-state index is -0.294. The molecule has 2 aromatic heterocycles. The van der Waals surface area contributed by atoms with E-state index in [2.05, 4.69) is 36.3 Å². The lowest BCUT2D eigenvalue weighted by molar-refractivity contribution is 0.0338. The number of aryl methyl sites for hydroxylation is 2. The van der Waals surface area contributed by atoms with Crippen molar-refractivity contribution >= 4 is 0 Å². The summed E-state index contributed by atoms with van der Waals surface area (Å²) < 4.78 is 11.3. The Morgan fingerprint density at radius 2 is 2.00 bits per heavy atom. The zero-order valence-electron chi connectivity index (χ0n) is 15.8. The number of hydrogen-bond acceptors (Lipinski definition) is 6. The molecular formula is C19H29N3O3. The van der Waals surface area contributed by atoms with Crippen LogP contribution in [0.1, 0.15) is 57.4 Å². The Hall–Kier alpha value is -1.66. The summed E-state index contributed by atoms with van der Waals surface area (Å²) in [6, 6.07) is 1.90. The predicted molar refractivity (Wildman–Crippen MR) is 94.9 cm³/mol. The number of aliphatic hydroxyl groups is 1. The first kappa shape index (κ1) is 18.1. The molecule has 2 N–H and O–H groups in total. The first-order valence-corrected chi connectivity index (χ1v) is 8.98. The third-order valence-electron chi connectivity index (χ3n) is 5.11. The first-order valence-electron chi connectivity index (χ1n) is 8.98. The fourth-order valence-electron chi connectivity index (χ4n) is 4.59. The van der Waals surface area contributed by atoms with Crippen molar-refractivity contribution < 1.29 is 13.9 Å². The van der Waals surface area contributed by atoms with Gasteiger partial charge in [0.2, 0.25) is 5.89 Å². The summed E-state index contributed by atoms with van der Waals surface area (Å²) in [5, 5.41) is 21.8. The van der Waals surface area contributed by atoms with Crippen LogP contribution in [0.25, 0.3) is 11.5 Å². The number of nitrogens with zero attached hydrogens (tertiary/aromatic N) is 2. The summed E-state index contributed by atoms with van der Waals surface area (Å²) in [7, 11) is 0. The van der Waals surface area contributed by atoms with Crippen LogP contribution in [0, 0.1) is 25.2 Å². The number of hydrogen-bond donors (Lipinski definition) is 2. The second kappa shape index (κ2) is 6.57. The van der Waals surface area contributed by atoms with Gasteiger partial charge in [-0.2, -0.15) is 0 Å². The molecule has 138 valence electrons. The van der Waals surface area contributed by atoms with Crippen molar-refractivity contribution in [3.05, 3.63) is 23.5 Å². The van der Waals surface area contributed by atoms with Crippen molar-refractivity contribution in [2.75, 3.05) is 6.61 Å². The van der Waals surface area contributed by atoms with E-state index >= 15 is 0 Å². The van der Waals surface area contributed by atoms with Gasteiger partial charge in [-0.1, -0.05) is 20.8 Å². The largest absolute Gasteiger partial charge is 0.466 e. The van der Waals surface area contributed by atoms with Crippen LogP contribution < -0.4 is 5.32 Å². The van der Waals surface area contributed by atoms with Crippen molar-refractivity contribution in [1.82, 2.24) is 15.5 Å². The van der Waals surface area contributed by atoms with E-state index in [9.17, 15) is 5.11 Å². The molecule has 2 aromatic rings. The number of aromatic nitrogens is 2. The maximum absolute atomic E-state index is 10.1. The van der Waals surface area contributed by atoms with Gasteiger partial charge in [-0.3, -0.25) is 0 Å². The van der Waals surface area contributed by atoms with E-state index in [0.717, 1.165) is 29.9 Å². The zero-order chi connectivity index (χ0) is 18.2. The Morgan fingerprint density at radius 3 is 2.60 bits per heavy atom. The van der Waals surface area contributed by atoms with Gasteiger partial charge in [-0.25, -0.2) is 0 Å². The minimum absolute atomic E-state index is 0.113. The van der Waals surface area contributed by atoms with E-state index in [-0.39, 0.29) is 17.6 Å². The zero-order valence-corrected chi connectivity index (χ0v) is 15.8. The molecular weight excluding hydrogens is 318 g/mol. The third-order valence-corrected chi connectivity index (χ3v) is 5.11. The molecule has 1 aliphatic carbocycles. The van der Waals surface area contributed by atoms with E-state index in [1.165, 1.54) is 6.42 Å². The van der Waals surface area contributed by atoms with Crippen LogP contribution in [0.4, 0.5) is 0 Å². The van der Waals surface area contributed by atoms with Gasteiger partial charge in [0.1, 0.15) is 11.5 Å². The highest BCUT2D eigenvalue weighted by atomic mass is 16.4. The average Bonchev–Trinajstić information content (AvgIpc) is 3.09. The molecule has 6 heteroatoms. The smallest absolute Gasteiger partial charge is 0.251 e. The Morgan fingerprint density at radius 1 is 1.24 bits per heavy atom. The van der Waals surface area contributed by atoms with Crippen LogP contribution in [-0.4, -0.2) is 27.4 Å². The molecule has 0 radical (unpaired) electrons. The molecule has 0 aromatic carbocycles. The topological polar surface area (TPSA) is 84.3 Å². The Bertz CT molecular complexity index is 734. The number of aliphatic hydroxyl groups excluding tert-OH is 1. The van der Waals surface area contributed by atoms with Gasteiger partial charge in [-0.05, 0) is 50.5 Å². The highest BCUT2D eigenvalue weighted by molar-refractivity contribution is 5.55. The van der Waals surface area contributed by atoms with Crippen LogP contribution in [0.5, 0.6) is 0 Å². The molecule has 1 saturated carbocycles. The van der Waals surface area contributed by atoms with E-state index in [0.29, 0.717) is 24.2 Å². The SMILES string of the molecule is Cc1cc(-c2nnc(CNC3(CO)CC(C)CC(C)(C)C3)o2)c(C)o1. The molecule has 25 heavy (non-hydrogen) atoms. The predicted octanol–water partition coefficient (Wildman–Crippen LogP) is 3.61. The summed E-state index contributed by atoms with van der Waals surface area (Å²) >= 11 is 0. The quantitative estimate of drug-likeness (QED) is 0.859. The van der Waals surface area contributed by atoms with Crippen LogP contribution in [0.2, 0.25) is 0 Å². The number of furan rings is 1. The number of rotatable bonds is 5. The molecule has 2 heterocycles. The molecule has 0 spiro atoms. The lowest BCUT2D eigenvalue weighted by Crippen LogP contribution is -2.54. The molecule has 0 aliphatic heterocycles. The molecule has 0 saturated heterocycles. The van der Waals surface area contributed by atoms with Gasteiger partial charge >= 0.3 is 0 Å². The van der Waals surface area contributed by atoms with Gasteiger partial charge in [-0.15, -0.1) is 10.2 Å². The Kier molecular flexibility index (Phi) is 4.77. The van der Waals surface area contributed by atoms with Gasteiger partial charge < -0.3 is 19.3 Å².